The van der Waals surface area contributed by atoms with E-state index < -0.39 is 0 Å². The highest BCUT2D eigenvalue weighted by atomic mass is 16.5. The van der Waals surface area contributed by atoms with Gasteiger partial charge in [-0.05, 0) is 12.8 Å². The lowest BCUT2D eigenvalue weighted by Crippen LogP contribution is -2.33. The Morgan fingerprint density at radius 1 is 1.50 bits per heavy atom. The number of hydrogen-bond donors (Lipinski definition) is 1. The molecule has 1 aliphatic carbocycles. The average molecular weight is 280 g/mol. The van der Waals surface area contributed by atoms with Crippen molar-refractivity contribution in [1.82, 2.24) is 10.5 Å². The van der Waals surface area contributed by atoms with Crippen LogP contribution in [0, 0.1) is 5.92 Å². The van der Waals surface area contributed by atoms with Crippen LogP contribution >= 0.6 is 0 Å². The molecule has 1 heterocycles. The first-order valence-electron chi connectivity index (χ1n) is 7.20. The molecule has 0 unspecified atom stereocenters. The van der Waals surface area contributed by atoms with Gasteiger partial charge in [0.05, 0.1) is 6.10 Å². The predicted octanol–water partition coefficient (Wildman–Crippen LogP) is 2.52. The maximum atomic E-state index is 12.1. The van der Waals surface area contributed by atoms with Crippen molar-refractivity contribution in [3.8, 4) is 0 Å². The van der Waals surface area contributed by atoms with Crippen molar-refractivity contribution in [3.63, 3.8) is 0 Å². The van der Waals surface area contributed by atoms with Crippen molar-refractivity contribution >= 4 is 5.91 Å². The van der Waals surface area contributed by atoms with Gasteiger partial charge in [0.1, 0.15) is 5.76 Å². The van der Waals surface area contributed by atoms with Crippen molar-refractivity contribution in [1.29, 1.82) is 0 Å². The number of methoxy groups -OCH3 is 1. The van der Waals surface area contributed by atoms with Gasteiger partial charge in [0.2, 0.25) is 0 Å². The zero-order valence-electron chi connectivity index (χ0n) is 12.7. The lowest BCUT2D eigenvalue weighted by molar-refractivity contribution is 0.0682. The van der Waals surface area contributed by atoms with Gasteiger partial charge >= 0.3 is 0 Å². The zero-order valence-corrected chi connectivity index (χ0v) is 12.7. The van der Waals surface area contributed by atoms with E-state index in [9.17, 15) is 4.79 Å². The molecule has 0 radical (unpaired) electrons. The third-order valence-corrected chi connectivity index (χ3v) is 3.90. The summed E-state index contributed by atoms with van der Waals surface area (Å²) in [4.78, 5) is 12.1. The van der Waals surface area contributed by atoms with E-state index in [-0.39, 0.29) is 17.4 Å². The summed E-state index contributed by atoms with van der Waals surface area (Å²) in [6.07, 6.45) is 3.61. The van der Waals surface area contributed by atoms with Crippen LogP contribution in [0.15, 0.2) is 10.6 Å². The van der Waals surface area contributed by atoms with Crippen LogP contribution in [0.2, 0.25) is 0 Å². The number of nitrogens with one attached hydrogen (secondary N) is 1. The number of hydrogen-bond acceptors (Lipinski definition) is 4. The number of amides is 1. The quantitative estimate of drug-likeness (QED) is 0.920. The summed E-state index contributed by atoms with van der Waals surface area (Å²) in [5.74, 6) is 0.947. The molecule has 5 nitrogen and oxygen atoms in total. The fraction of sp³-hybridized carbons (Fsp3) is 0.733. The fourth-order valence-electron chi connectivity index (χ4n) is 2.60. The van der Waals surface area contributed by atoms with Crippen LogP contribution in [-0.4, -0.2) is 30.8 Å². The first-order chi connectivity index (χ1) is 9.41. The van der Waals surface area contributed by atoms with E-state index >= 15 is 0 Å². The first-order valence-corrected chi connectivity index (χ1v) is 7.20. The van der Waals surface area contributed by atoms with Gasteiger partial charge in [-0.3, -0.25) is 4.79 Å². The number of nitrogens with zero attached hydrogens (tertiary/aromatic N) is 1. The Kier molecular flexibility index (Phi) is 4.48. The molecule has 1 saturated carbocycles. The molecule has 5 heteroatoms. The van der Waals surface area contributed by atoms with E-state index in [1.165, 1.54) is 0 Å². The van der Waals surface area contributed by atoms with Crippen LogP contribution in [0.3, 0.4) is 0 Å². The van der Waals surface area contributed by atoms with Crippen LogP contribution in [-0.2, 0) is 10.2 Å². The van der Waals surface area contributed by atoms with E-state index in [2.05, 4.69) is 10.5 Å². The van der Waals surface area contributed by atoms with Gasteiger partial charge in [-0.25, -0.2) is 0 Å². The van der Waals surface area contributed by atoms with Crippen LogP contribution in [0.5, 0.6) is 0 Å². The minimum absolute atomic E-state index is 0.141. The molecule has 1 N–H and O–H groups in total. The molecular weight excluding hydrogens is 256 g/mol. The van der Waals surface area contributed by atoms with Crippen LogP contribution < -0.4 is 5.32 Å². The van der Waals surface area contributed by atoms with E-state index in [1.54, 1.807) is 13.2 Å². The smallest absolute Gasteiger partial charge is 0.273 e. The van der Waals surface area contributed by atoms with Crippen molar-refractivity contribution in [2.45, 2.75) is 51.6 Å². The van der Waals surface area contributed by atoms with Gasteiger partial charge in [0, 0.05) is 31.1 Å². The van der Waals surface area contributed by atoms with Crippen LogP contribution in [0.25, 0.3) is 0 Å². The third-order valence-electron chi connectivity index (χ3n) is 3.90. The highest BCUT2D eigenvalue weighted by molar-refractivity contribution is 5.92. The number of carbonyl (C=O) groups is 1. The van der Waals surface area contributed by atoms with Gasteiger partial charge in [0.25, 0.3) is 5.91 Å². The Morgan fingerprint density at radius 2 is 2.25 bits per heavy atom. The van der Waals surface area contributed by atoms with E-state index in [0.717, 1.165) is 25.0 Å². The van der Waals surface area contributed by atoms with Crippen LogP contribution in [0.1, 0.15) is 56.3 Å². The van der Waals surface area contributed by atoms with E-state index in [1.807, 2.05) is 20.8 Å². The second-order valence-electron chi connectivity index (χ2n) is 6.50. The van der Waals surface area contributed by atoms with Gasteiger partial charge in [-0.15, -0.1) is 0 Å². The van der Waals surface area contributed by atoms with Gasteiger partial charge in [0.15, 0.2) is 5.69 Å². The molecule has 0 aliphatic heterocycles. The highest BCUT2D eigenvalue weighted by Gasteiger charge is 2.28. The molecule has 112 valence electrons. The molecule has 1 amide bonds. The molecule has 0 saturated heterocycles. The SMILES string of the molecule is CO[C@H]1CCC[C@@H]1CNC(=O)c1cc(C(C)(C)C)on1. The van der Waals surface area contributed by atoms with E-state index in [4.69, 9.17) is 9.26 Å². The normalized spacial score (nSPS) is 23.0. The Labute approximate surface area is 120 Å². The molecule has 1 fully saturated rings. The van der Waals surface area contributed by atoms with Crippen molar-refractivity contribution in [3.05, 3.63) is 17.5 Å². The lowest BCUT2D eigenvalue weighted by atomic mass is 9.93. The molecule has 2 atom stereocenters. The summed E-state index contributed by atoms with van der Waals surface area (Å²) in [5.41, 5.74) is 0.208. The minimum atomic E-state index is -0.175. The molecule has 20 heavy (non-hydrogen) atoms. The van der Waals surface area contributed by atoms with Gasteiger partial charge in [-0.1, -0.05) is 32.3 Å². The summed E-state index contributed by atoms with van der Waals surface area (Å²) in [6.45, 7) is 6.71. The molecule has 0 aromatic carbocycles. The number of rotatable bonds is 4. The summed E-state index contributed by atoms with van der Waals surface area (Å²) in [7, 11) is 1.73. The Bertz CT molecular complexity index is 462. The molecule has 2 rings (SSSR count). The lowest BCUT2D eigenvalue weighted by Gasteiger charge is -2.18. The number of aromatic nitrogens is 1. The molecule has 1 aliphatic rings. The maximum absolute atomic E-state index is 12.1. The molecule has 0 bridgehead atoms. The second kappa shape index (κ2) is 5.95. The standard InChI is InChI=1S/C15H24N2O3/c1-15(2,3)13-8-11(17-20-13)14(18)16-9-10-6-5-7-12(10)19-4/h8,10,12H,5-7,9H2,1-4H3,(H,16,18)/t10-,12+/m1/s1. The van der Waals surface area contributed by atoms with E-state index in [0.29, 0.717) is 18.2 Å². The van der Waals surface area contributed by atoms with Gasteiger partial charge < -0.3 is 14.6 Å². The van der Waals surface area contributed by atoms with Crippen LogP contribution in [0.4, 0.5) is 0 Å². The largest absolute Gasteiger partial charge is 0.381 e. The maximum Gasteiger partial charge on any atom is 0.273 e. The third kappa shape index (κ3) is 3.39. The Morgan fingerprint density at radius 3 is 2.85 bits per heavy atom. The second-order valence-corrected chi connectivity index (χ2v) is 6.50. The topological polar surface area (TPSA) is 64.4 Å². The molecule has 1 aromatic heterocycles. The summed E-state index contributed by atoms with van der Waals surface area (Å²) in [5, 5.41) is 6.78. The molecule has 0 spiro atoms. The zero-order chi connectivity index (χ0) is 14.8. The predicted molar refractivity (Wildman–Crippen MR) is 75.7 cm³/mol. The average Bonchev–Trinajstić information content (AvgIpc) is 3.03. The van der Waals surface area contributed by atoms with Crippen molar-refractivity contribution in [2.24, 2.45) is 5.92 Å². The number of ether oxygens (including phenoxy) is 1. The first kappa shape index (κ1) is 15.0. The van der Waals surface area contributed by atoms with Crippen molar-refractivity contribution < 1.29 is 14.1 Å². The highest BCUT2D eigenvalue weighted by Crippen LogP contribution is 2.27. The minimum Gasteiger partial charge on any atom is -0.381 e. The summed E-state index contributed by atoms with van der Waals surface area (Å²) in [6, 6.07) is 1.72. The summed E-state index contributed by atoms with van der Waals surface area (Å²) >= 11 is 0. The monoisotopic (exact) mass is 280 g/mol. The summed E-state index contributed by atoms with van der Waals surface area (Å²) < 4.78 is 10.7. The molecule has 1 aromatic rings. The van der Waals surface area contributed by atoms with Crippen molar-refractivity contribution in [2.75, 3.05) is 13.7 Å². The Hall–Kier alpha value is -1.36. The fourth-order valence-corrected chi connectivity index (χ4v) is 2.60. The number of carbonyl (C=O) groups excluding carboxylic acids is 1. The Balaban J connectivity index is 1.90. The molecular formula is C15H24N2O3. The van der Waals surface area contributed by atoms with Gasteiger partial charge in [-0.2, -0.15) is 0 Å².